The van der Waals surface area contributed by atoms with E-state index in [-0.39, 0.29) is 11.3 Å². The molecule has 0 saturated carbocycles. The lowest BCUT2D eigenvalue weighted by Crippen LogP contribution is -2.26. The molecule has 0 aliphatic heterocycles. The number of rotatable bonds is 3. The monoisotopic (exact) mass is 298 g/mol. The second-order valence-electron chi connectivity index (χ2n) is 4.19. The van der Waals surface area contributed by atoms with Crippen LogP contribution >= 0.6 is 0 Å². The van der Waals surface area contributed by atoms with E-state index in [1.165, 1.54) is 18.2 Å². The van der Waals surface area contributed by atoms with E-state index >= 15 is 0 Å². The maximum Gasteiger partial charge on any atom is 0.416 e. The van der Waals surface area contributed by atoms with Crippen LogP contribution in [0.1, 0.15) is 5.56 Å². The van der Waals surface area contributed by atoms with E-state index in [9.17, 15) is 22.8 Å². The van der Waals surface area contributed by atoms with Gasteiger partial charge in [-0.1, -0.05) is 12.1 Å². The Kier molecular flexibility index (Phi) is 3.79. The molecule has 2 aromatic rings. The number of hydrogen-bond donors (Lipinski definition) is 1. The predicted molar refractivity (Wildman–Crippen MR) is 66.6 cm³/mol. The summed E-state index contributed by atoms with van der Waals surface area (Å²) in [4.78, 5) is 22.0. The van der Waals surface area contributed by atoms with E-state index in [1.54, 1.807) is 0 Å². The standard InChI is InChI=1S/C13H9F3N2O3/c14-13(15,16)9-3-1-2-8(6-9)10-4-5-11(19)18(17-10)7-12(20)21/h1-6H,7H2,(H,20,21). The van der Waals surface area contributed by atoms with Gasteiger partial charge in [-0.3, -0.25) is 9.59 Å². The zero-order valence-corrected chi connectivity index (χ0v) is 10.5. The largest absolute Gasteiger partial charge is 0.480 e. The van der Waals surface area contributed by atoms with Gasteiger partial charge in [-0.2, -0.15) is 18.3 Å². The van der Waals surface area contributed by atoms with Gasteiger partial charge in [-0.25, -0.2) is 4.68 Å². The molecule has 0 fully saturated rings. The quantitative estimate of drug-likeness (QED) is 0.941. The Bertz CT molecular complexity index is 738. The highest BCUT2D eigenvalue weighted by atomic mass is 19.4. The Morgan fingerprint density at radius 1 is 1.24 bits per heavy atom. The third-order valence-corrected chi connectivity index (χ3v) is 2.64. The van der Waals surface area contributed by atoms with Gasteiger partial charge in [0.1, 0.15) is 6.54 Å². The molecule has 0 saturated heterocycles. The van der Waals surface area contributed by atoms with Crippen LogP contribution in [0.5, 0.6) is 0 Å². The molecule has 5 nitrogen and oxygen atoms in total. The first-order valence-corrected chi connectivity index (χ1v) is 5.75. The summed E-state index contributed by atoms with van der Waals surface area (Å²) in [6.45, 7) is -0.661. The minimum Gasteiger partial charge on any atom is -0.480 e. The fourth-order valence-electron chi connectivity index (χ4n) is 1.70. The Morgan fingerprint density at radius 3 is 2.57 bits per heavy atom. The first-order chi connectivity index (χ1) is 9.77. The third kappa shape index (κ3) is 3.47. The molecule has 0 aliphatic rings. The molecule has 0 amide bonds. The number of alkyl halides is 3. The van der Waals surface area contributed by atoms with Gasteiger partial charge < -0.3 is 5.11 Å². The van der Waals surface area contributed by atoms with Crippen molar-refractivity contribution in [1.82, 2.24) is 9.78 Å². The van der Waals surface area contributed by atoms with E-state index in [0.29, 0.717) is 4.68 Å². The van der Waals surface area contributed by atoms with Crippen molar-refractivity contribution >= 4 is 5.97 Å². The van der Waals surface area contributed by atoms with Gasteiger partial charge in [0.15, 0.2) is 0 Å². The van der Waals surface area contributed by atoms with Crippen molar-refractivity contribution in [2.75, 3.05) is 0 Å². The topological polar surface area (TPSA) is 72.2 Å². The van der Waals surface area contributed by atoms with Crippen LogP contribution in [0.25, 0.3) is 11.3 Å². The zero-order valence-electron chi connectivity index (χ0n) is 10.5. The number of halogens is 3. The molecule has 0 atom stereocenters. The molecule has 2 rings (SSSR count). The highest BCUT2D eigenvalue weighted by Crippen LogP contribution is 2.31. The van der Waals surface area contributed by atoms with Crippen LogP contribution in [-0.4, -0.2) is 20.9 Å². The summed E-state index contributed by atoms with van der Waals surface area (Å²) in [5.41, 5.74) is -1.27. The summed E-state index contributed by atoms with van der Waals surface area (Å²) in [7, 11) is 0. The van der Waals surface area contributed by atoms with Crippen LogP contribution in [-0.2, 0) is 17.5 Å². The summed E-state index contributed by atoms with van der Waals surface area (Å²) < 4.78 is 38.6. The summed E-state index contributed by atoms with van der Waals surface area (Å²) in [6.07, 6.45) is -4.49. The molecule has 1 aromatic heterocycles. The summed E-state index contributed by atoms with van der Waals surface area (Å²) in [5, 5.41) is 12.4. The zero-order chi connectivity index (χ0) is 15.6. The first-order valence-electron chi connectivity index (χ1n) is 5.75. The van der Waals surface area contributed by atoms with E-state index in [0.717, 1.165) is 18.2 Å². The lowest BCUT2D eigenvalue weighted by Gasteiger charge is -2.09. The van der Waals surface area contributed by atoms with Crippen molar-refractivity contribution in [3.8, 4) is 11.3 Å². The van der Waals surface area contributed by atoms with Crippen LogP contribution in [0, 0.1) is 0 Å². The molecule has 1 N–H and O–H groups in total. The Hall–Kier alpha value is -2.64. The molecule has 21 heavy (non-hydrogen) atoms. The summed E-state index contributed by atoms with van der Waals surface area (Å²) >= 11 is 0. The fourth-order valence-corrected chi connectivity index (χ4v) is 1.70. The van der Waals surface area contributed by atoms with Crippen LogP contribution in [0.4, 0.5) is 13.2 Å². The Balaban J connectivity index is 2.47. The predicted octanol–water partition coefficient (Wildman–Crippen LogP) is 2.01. The maximum atomic E-state index is 12.6. The maximum absolute atomic E-state index is 12.6. The fraction of sp³-hybridized carbons (Fsp3) is 0.154. The highest BCUT2D eigenvalue weighted by Gasteiger charge is 2.30. The van der Waals surface area contributed by atoms with Crippen molar-refractivity contribution in [2.45, 2.75) is 12.7 Å². The van der Waals surface area contributed by atoms with E-state index < -0.39 is 29.8 Å². The minimum atomic E-state index is -4.49. The van der Waals surface area contributed by atoms with Gasteiger partial charge >= 0.3 is 12.1 Å². The Labute approximate surface area is 116 Å². The van der Waals surface area contributed by atoms with Crippen LogP contribution in [0.2, 0.25) is 0 Å². The van der Waals surface area contributed by atoms with Crippen LogP contribution < -0.4 is 5.56 Å². The average Bonchev–Trinajstić information content (AvgIpc) is 2.40. The Morgan fingerprint density at radius 2 is 1.95 bits per heavy atom. The number of carbonyl (C=O) groups is 1. The number of carboxylic acids is 1. The van der Waals surface area contributed by atoms with Crippen molar-refractivity contribution in [3.05, 3.63) is 52.3 Å². The molecule has 0 bridgehead atoms. The first kappa shape index (κ1) is 14.8. The van der Waals surface area contributed by atoms with Crippen molar-refractivity contribution < 1.29 is 23.1 Å². The van der Waals surface area contributed by atoms with Gasteiger partial charge in [0.05, 0.1) is 11.3 Å². The van der Waals surface area contributed by atoms with Gasteiger partial charge in [0.25, 0.3) is 5.56 Å². The molecule has 8 heteroatoms. The number of nitrogens with zero attached hydrogens (tertiary/aromatic N) is 2. The summed E-state index contributed by atoms with van der Waals surface area (Å²) in [6, 6.07) is 6.72. The summed E-state index contributed by atoms with van der Waals surface area (Å²) in [5.74, 6) is -1.27. The molecule has 0 aliphatic carbocycles. The molecule has 0 radical (unpaired) electrons. The molecule has 110 valence electrons. The van der Waals surface area contributed by atoms with E-state index in [2.05, 4.69) is 5.10 Å². The highest BCUT2D eigenvalue weighted by molar-refractivity contribution is 5.66. The van der Waals surface area contributed by atoms with E-state index in [4.69, 9.17) is 5.11 Å². The molecular formula is C13H9F3N2O3. The molecule has 1 aromatic carbocycles. The second kappa shape index (κ2) is 5.39. The lowest BCUT2D eigenvalue weighted by atomic mass is 10.1. The molecule has 0 unspecified atom stereocenters. The second-order valence-corrected chi connectivity index (χ2v) is 4.19. The molecule has 0 spiro atoms. The van der Waals surface area contributed by atoms with Crippen LogP contribution in [0.3, 0.4) is 0 Å². The number of aromatic nitrogens is 2. The number of aliphatic carboxylic acids is 1. The number of carboxylic acid groups (broad SMARTS) is 1. The van der Waals surface area contributed by atoms with Crippen molar-refractivity contribution in [2.24, 2.45) is 0 Å². The SMILES string of the molecule is O=C(O)Cn1nc(-c2cccc(C(F)(F)F)c2)ccc1=O. The molecule has 1 heterocycles. The van der Waals surface area contributed by atoms with Gasteiger partial charge in [0, 0.05) is 11.6 Å². The van der Waals surface area contributed by atoms with Crippen LogP contribution in [0.15, 0.2) is 41.2 Å². The van der Waals surface area contributed by atoms with Gasteiger partial charge in [0.2, 0.25) is 0 Å². The smallest absolute Gasteiger partial charge is 0.416 e. The van der Waals surface area contributed by atoms with Crippen molar-refractivity contribution in [1.29, 1.82) is 0 Å². The minimum absolute atomic E-state index is 0.0851. The number of benzene rings is 1. The third-order valence-electron chi connectivity index (χ3n) is 2.64. The van der Waals surface area contributed by atoms with Gasteiger partial charge in [-0.15, -0.1) is 0 Å². The number of hydrogen-bond acceptors (Lipinski definition) is 3. The van der Waals surface area contributed by atoms with E-state index in [1.807, 2.05) is 0 Å². The normalized spacial score (nSPS) is 11.4. The van der Waals surface area contributed by atoms with Crippen molar-refractivity contribution in [3.63, 3.8) is 0 Å². The molecular weight excluding hydrogens is 289 g/mol. The average molecular weight is 298 g/mol. The lowest BCUT2D eigenvalue weighted by molar-refractivity contribution is -0.138. The van der Waals surface area contributed by atoms with Gasteiger partial charge in [-0.05, 0) is 18.2 Å².